The monoisotopic (exact) mass is 324 g/mol. The predicted octanol–water partition coefficient (Wildman–Crippen LogP) is 4.31. The van der Waals surface area contributed by atoms with Crippen LogP contribution in [0.5, 0.6) is 5.75 Å². The van der Waals surface area contributed by atoms with Crippen molar-refractivity contribution in [3.8, 4) is 5.75 Å². The number of benzene rings is 2. The summed E-state index contributed by atoms with van der Waals surface area (Å²) >= 11 is 5.71. The number of rotatable bonds is 3. The molecule has 0 fully saturated rings. The van der Waals surface area contributed by atoms with E-state index < -0.39 is 28.2 Å². The number of nitro groups is 1. The van der Waals surface area contributed by atoms with Gasteiger partial charge in [0.25, 0.3) is 5.69 Å². The van der Waals surface area contributed by atoms with Crippen LogP contribution >= 0.6 is 11.6 Å². The summed E-state index contributed by atoms with van der Waals surface area (Å²) < 4.78 is 18.8. The molecule has 22 heavy (non-hydrogen) atoms. The van der Waals surface area contributed by atoms with Crippen LogP contribution in [-0.4, -0.2) is 11.0 Å². The predicted molar refractivity (Wildman–Crippen MR) is 78.9 cm³/mol. The van der Waals surface area contributed by atoms with Crippen LogP contribution in [0.4, 0.5) is 20.6 Å². The Morgan fingerprint density at radius 3 is 2.59 bits per heavy atom. The first-order chi connectivity index (χ1) is 10.4. The van der Waals surface area contributed by atoms with Crippen molar-refractivity contribution in [3.05, 3.63) is 62.9 Å². The zero-order chi connectivity index (χ0) is 16.3. The van der Waals surface area contributed by atoms with Gasteiger partial charge in [0.15, 0.2) is 11.5 Å². The first kappa shape index (κ1) is 15.7. The normalized spacial score (nSPS) is 10.1. The van der Waals surface area contributed by atoms with E-state index in [0.717, 1.165) is 6.07 Å². The summed E-state index contributed by atoms with van der Waals surface area (Å²) in [6.07, 6.45) is -1.05. The lowest BCUT2D eigenvalue weighted by Crippen LogP contribution is -2.19. The van der Waals surface area contributed by atoms with Crippen LogP contribution in [0.2, 0.25) is 5.02 Å². The SMILES string of the molecule is Cc1c(Cl)cc(F)c(NC(=O)Oc2ccccc2)c1[N+](=O)[O-]. The number of nitrogens with one attached hydrogen (secondary N) is 1. The number of carbonyl (C=O) groups excluding carboxylic acids is 1. The fourth-order valence-corrected chi connectivity index (χ4v) is 1.96. The second-order valence-corrected chi connectivity index (χ2v) is 4.68. The van der Waals surface area contributed by atoms with Crippen molar-refractivity contribution in [3.63, 3.8) is 0 Å². The molecular formula is C14H10ClFN2O4. The van der Waals surface area contributed by atoms with Gasteiger partial charge >= 0.3 is 6.09 Å². The number of nitrogens with zero attached hydrogens (tertiary/aromatic N) is 1. The number of hydrogen-bond donors (Lipinski definition) is 1. The lowest BCUT2D eigenvalue weighted by molar-refractivity contribution is -0.384. The topological polar surface area (TPSA) is 81.5 Å². The minimum atomic E-state index is -1.05. The Balaban J connectivity index is 2.31. The largest absolute Gasteiger partial charge is 0.417 e. The number of amides is 1. The van der Waals surface area contributed by atoms with Crippen molar-refractivity contribution in [2.24, 2.45) is 0 Å². The Labute approximate surface area is 129 Å². The molecule has 0 heterocycles. The average molecular weight is 325 g/mol. The number of halogens is 2. The number of ether oxygens (including phenoxy) is 1. The quantitative estimate of drug-likeness (QED) is 0.674. The molecule has 0 aliphatic rings. The molecule has 0 saturated carbocycles. The lowest BCUT2D eigenvalue weighted by atomic mass is 10.1. The Morgan fingerprint density at radius 1 is 1.36 bits per heavy atom. The molecule has 1 amide bonds. The highest BCUT2D eigenvalue weighted by Gasteiger charge is 2.26. The van der Waals surface area contributed by atoms with Crippen molar-refractivity contribution in [1.29, 1.82) is 0 Å². The van der Waals surface area contributed by atoms with E-state index in [2.05, 4.69) is 0 Å². The van der Waals surface area contributed by atoms with Gasteiger partial charge in [0.1, 0.15) is 5.75 Å². The molecule has 0 saturated heterocycles. The van der Waals surface area contributed by atoms with Crippen LogP contribution in [0.15, 0.2) is 36.4 Å². The van der Waals surface area contributed by atoms with E-state index in [1.165, 1.54) is 19.1 Å². The zero-order valence-corrected chi connectivity index (χ0v) is 12.1. The molecule has 0 radical (unpaired) electrons. The maximum atomic E-state index is 13.9. The van der Waals surface area contributed by atoms with Crippen LogP contribution in [0.25, 0.3) is 0 Å². The molecule has 2 aromatic carbocycles. The third-order valence-corrected chi connectivity index (χ3v) is 3.20. The smallest absolute Gasteiger partial charge is 0.410 e. The van der Waals surface area contributed by atoms with Crippen LogP contribution < -0.4 is 10.1 Å². The molecule has 0 spiro atoms. The van der Waals surface area contributed by atoms with Gasteiger partial charge in [0, 0.05) is 5.56 Å². The highest BCUT2D eigenvalue weighted by atomic mass is 35.5. The van der Waals surface area contributed by atoms with Crippen molar-refractivity contribution in [1.82, 2.24) is 0 Å². The summed E-state index contributed by atoms with van der Waals surface area (Å²) in [5, 5.41) is 13.0. The van der Waals surface area contributed by atoms with Gasteiger partial charge in [-0.1, -0.05) is 29.8 Å². The van der Waals surface area contributed by atoms with E-state index >= 15 is 0 Å². The Hall–Kier alpha value is -2.67. The first-order valence-electron chi connectivity index (χ1n) is 6.07. The summed E-state index contributed by atoms with van der Waals surface area (Å²) in [7, 11) is 0. The summed E-state index contributed by atoms with van der Waals surface area (Å²) in [6.45, 7) is 1.35. The van der Waals surface area contributed by atoms with Gasteiger partial charge in [0.05, 0.1) is 9.95 Å². The van der Waals surface area contributed by atoms with E-state index in [-0.39, 0.29) is 16.3 Å². The van der Waals surface area contributed by atoms with Gasteiger partial charge in [-0.3, -0.25) is 15.4 Å². The van der Waals surface area contributed by atoms with Gasteiger partial charge in [-0.05, 0) is 25.1 Å². The van der Waals surface area contributed by atoms with Crippen LogP contribution in [0, 0.1) is 22.9 Å². The van der Waals surface area contributed by atoms with Crippen molar-refractivity contribution in [2.75, 3.05) is 5.32 Å². The Bertz CT molecular complexity index is 737. The number of para-hydroxylation sites is 1. The molecule has 0 aromatic heterocycles. The molecule has 6 nitrogen and oxygen atoms in total. The number of nitro benzene ring substituents is 1. The third-order valence-electron chi connectivity index (χ3n) is 2.81. The Kier molecular flexibility index (Phi) is 4.57. The summed E-state index contributed by atoms with van der Waals surface area (Å²) in [5.41, 5.74) is -1.16. The molecule has 0 aliphatic carbocycles. The molecule has 1 N–H and O–H groups in total. The zero-order valence-electron chi connectivity index (χ0n) is 11.3. The van der Waals surface area contributed by atoms with Gasteiger partial charge < -0.3 is 4.74 Å². The van der Waals surface area contributed by atoms with Crippen LogP contribution in [-0.2, 0) is 0 Å². The lowest BCUT2D eigenvalue weighted by Gasteiger charge is -2.10. The molecule has 2 rings (SSSR count). The van der Waals surface area contributed by atoms with Crippen molar-refractivity contribution in [2.45, 2.75) is 6.92 Å². The van der Waals surface area contributed by atoms with Gasteiger partial charge in [0.2, 0.25) is 0 Å². The minimum absolute atomic E-state index is 0.0445. The highest BCUT2D eigenvalue weighted by Crippen LogP contribution is 2.36. The molecular weight excluding hydrogens is 315 g/mol. The Morgan fingerprint density at radius 2 is 2.00 bits per heavy atom. The van der Waals surface area contributed by atoms with E-state index in [1.807, 2.05) is 5.32 Å². The van der Waals surface area contributed by atoms with Crippen LogP contribution in [0.1, 0.15) is 5.56 Å². The van der Waals surface area contributed by atoms with Gasteiger partial charge in [-0.15, -0.1) is 0 Å². The second-order valence-electron chi connectivity index (χ2n) is 4.27. The molecule has 114 valence electrons. The molecule has 2 aromatic rings. The summed E-state index contributed by atoms with van der Waals surface area (Å²) in [5.74, 6) is -0.805. The third kappa shape index (κ3) is 3.32. The standard InChI is InChI=1S/C14H10ClFN2O4/c1-8-10(15)7-11(16)12(13(8)18(20)21)17-14(19)22-9-5-3-2-4-6-9/h2-7H,1H3,(H,17,19). The van der Waals surface area contributed by atoms with E-state index in [4.69, 9.17) is 16.3 Å². The maximum absolute atomic E-state index is 13.9. The molecule has 0 bridgehead atoms. The number of anilines is 1. The molecule has 0 atom stereocenters. The molecule has 8 heteroatoms. The fraction of sp³-hybridized carbons (Fsp3) is 0.0714. The van der Waals surface area contributed by atoms with Crippen LogP contribution in [0.3, 0.4) is 0 Å². The van der Waals surface area contributed by atoms with Gasteiger partial charge in [-0.2, -0.15) is 0 Å². The first-order valence-corrected chi connectivity index (χ1v) is 6.45. The van der Waals surface area contributed by atoms with Gasteiger partial charge in [-0.25, -0.2) is 9.18 Å². The van der Waals surface area contributed by atoms with Crippen molar-refractivity contribution >= 4 is 29.1 Å². The average Bonchev–Trinajstić information content (AvgIpc) is 2.45. The summed E-state index contributed by atoms with van der Waals surface area (Å²) in [4.78, 5) is 22.0. The van der Waals surface area contributed by atoms with Crippen molar-refractivity contribution < 1.29 is 18.8 Å². The minimum Gasteiger partial charge on any atom is -0.410 e. The maximum Gasteiger partial charge on any atom is 0.417 e. The number of carbonyl (C=O) groups is 1. The highest BCUT2D eigenvalue weighted by molar-refractivity contribution is 6.31. The summed E-state index contributed by atoms with van der Waals surface area (Å²) in [6, 6.07) is 8.91. The van der Waals surface area contributed by atoms with E-state index in [9.17, 15) is 19.3 Å². The number of hydrogen-bond acceptors (Lipinski definition) is 4. The van der Waals surface area contributed by atoms with E-state index in [1.54, 1.807) is 18.2 Å². The van der Waals surface area contributed by atoms with E-state index in [0.29, 0.717) is 0 Å². The fourth-order valence-electron chi connectivity index (χ4n) is 1.78. The molecule has 0 unspecified atom stereocenters. The molecule has 0 aliphatic heterocycles. The second kappa shape index (κ2) is 6.40.